The molecule has 88 valence electrons. The van der Waals surface area contributed by atoms with E-state index in [4.69, 9.17) is 4.74 Å². The Morgan fingerprint density at radius 3 is 2.88 bits per heavy atom. The van der Waals surface area contributed by atoms with Crippen molar-refractivity contribution in [1.82, 2.24) is 0 Å². The minimum atomic E-state index is -0.566. The smallest absolute Gasteiger partial charge is 0.372 e. The first-order chi connectivity index (χ1) is 8.20. The number of hydrogen-bond acceptors (Lipinski definition) is 3. The number of fused-ring (bicyclic) bond motifs is 1. The molecule has 0 amide bonds. The normalized spacial score (nSPS) is 21.1. The first kappa shape index (κ1) is 11.4. The summed E-state index contributed by atoms with van der Waals surface area (Å²) in [5, 5.41) is 9.76. The molecule has 2 rings (SSSR count). The summed E-state index contributed by atoms with van der Waals surface area (Å²) in [7, 11) is 0. The van der Waals surface area contributed by atoms with Gasteiger partial charge in [-0.25, -0.2) is 4.79 Å². The zero-order valence-corrected chi connectivity index (χ0v) is 9.59. The van der Waals surface area contributed by atoms with E-state index >= 15 is 0 Å². The van der Waals surface area contributed by atoms with E-state index in [9.17, 15) is 9.90 Å². The third-order valence-electron chi connectivity index (χ3n) is 2.43. The molecule has 1 aliphatic heterocycles. The lowest BCUT2D eigenvalue weighted by Crippen LogP contribution is -2.20. The SMILES string of the molecule is CCC[N+]1=C/c2ccccc2OC(=O)/C=C\1O. The van der Waals surface area contributed by atoms with Crippen molar-refractivity contribution in [2.75, 3.05) is 6.54 Å². The van der Waals surface area contributed by atoms with Gasteiger partial charge in [-0.1, -0.05) is 19.1 Å². The Morgan fingerprint density at radius 1 is 1.35 bits per heavy atom. The summed E-state index contributed by atoms with van der Waals surface area (Å²) in [5.74, 6) is -0.155. The van der Waals surface area contributed by atoms with Crippen molar-refractivity contribution < 1.29 is 19.2 Å². The molecule has 1 aromatic carbocycles. The first-order valence-corrected chi connectivity index (χ1v) is 5.53. The van der Waals surface area contributed by atoms with Crippen molar-refractivity contribution in [1.29, 1.82) is 0 Å². The summed E-state index contributed by atoms with van der Waals surface area (Å²) in [6, 6.07) is 7.22. The van der Waals surface area contributed by atoms with E-state index in [-0.39, 0.29) is 5.88 Å². The van der Waals surface area contributed by atoms with E-state index < -0.39 is 5.97 Å². The Labute approximate surface area is 99.5 Å². The highest BCUT2D eigenvalue weighted by atomic mass is 16.5. The highest BCUT2D eigenvalue weighted by molar-refractivity contribution is 5.88. The van der Waals surface area contributed by atoms with E-state index in [2.05, 4.69) is 0 Å². The van der Waals surface area contributed by atoms with E-state index in [1.807, 2.05) is 19.1 Å². The van der Waals surface area contributed by atoms with Gasteiger partial charge in [0, 0.05) is 6.42 Å². The number of hydrogen-bond donors (Lipinski definition) is 1. The van der Waals surface area contributed by atoms with Crippen LogP contribution in [0.4, 0.5) is 0 Å². The molecule has 1 N–H and O–H groups in total. The molecule has 1 aromatic rings. The molecule has 0 bridgehead atoms. The van der Waals surface area contributed by atoms with Crippen LogP contribution in [0.25, 0.3) is 0 Å². The Kier molecular flexibility index (Phi) is 3.23. The number of esters is 1. The second-order valence-corrected chi connectivity index (χ2v) is 3.78. The first-order valence-electron chi connectivity index (χ1n) is 5.53. The van der Waals surface area contributed by atoms with Crippen LogP contribution in [0.15, 0.2) is 36.2 Å². The van der Waals surface area contributed by atoms with Crippen LogP contribution >= 0.6 is 0 Å². The van der Waals surface area contributed by atoms with Crippen molar-refractivity contribution in [3.63, 3.8) is 0 Å². The van der Waals surface area contributed by atoms with Gasteiger partial charge in [0.05, 0.1) is 5.56 Å². The molecule has 1 heterocycles. The predicted molar refractivity (Wildman–Crippen MR) is 63.4 cm³/mol. The van der Waals surface area contributed by atoms with Crippen molar-refractivity contribution in [2.24, 2.45) is 0 Å². The van der Waals surface area contributed by atoms with Crippen LogP contribution in [0.3, 0.4) is 0 Å². The number of aliphatic hydroxyl groups is 1. The predicted octanol–water partition coefficient (Wildman–Crippen LogP) is 1.85. The van der Waals surface area contributed by atoms with Crippen molar-refractivity contribution in [3.8, 4) is 5.75 Å². The molecule has 0 aliphatic carbocycles. The number of ether oxygens (including phenoxy) is 1. The minimum absolute atomic E-state index is 0.0913. The average Bonchev–Trinajstić information content (AvgIpc) is 2.29. The minimum Gasteiger partial charge on any atom is -0.460 e. The van der Waals surface area contributed by atoms with Gasteiger partial charge in [-0.05, 0) is 12.1 Å². The molecule has 0 atom stereocenters. The second-order valence-electron chi connectivity index (χ2n) is 3.78. The van der Waals surface area contributed by atoms with Gasteiger partial charge in [0.2, 0.25) is 0 Å². The number of rotatable bonds is 2. The zero-order chi connectivity index (χ0) is 12.3. The van der Waals surface area contributed by atoms with Crippen molar-refractivity contribution in [3.05, 3.63) is 41.8 Å². The molecule has 0 aromatic heterocycles. The van der Waals surface area contributed by atoms with E-state index in [0.29, 0.717) is 12.3 Å². The molecule has 0 saturated heterocycles. The van der Waals surface area contributed by atoms with Gasteiger partial charge >= 0.3 is 11.9 Å². The molecule has 0 saturated carbocycles. The molecule has 4 nitrogen and oxygen atoms in total. The maximum atomic E-state index is 11.5. The maximum absolute atomic E-state index is 11.5. The fraction of sp³-hybridized carbons (Fsp3) is 0.231. The summed E-state index contributed by atoms with van der Waals surface area (Å²) >= 11 is 0. The lowest BCUT2D eigenvalue weighted by molar-refractivity contribution is -0.501. The topological polar surface area (TPSA) is 49.5 Å². The van der Waals surface area contributed by atoms with Crippen LogP contribution in [-0.2, 0) is 4.79 Å². The van der Waals surface area contributed by atoms with E-state index in [0.717, 1.165) is 18.1 Å². The van der Waals surface area contributed by atoms with Gasteiger partial charge < -0.3 is 9.84 Å². The summed E-state index contributed by atoms with van der Waals surface area (Å²) in [6.45, 7) is 2.65. The van der Waals surface area contributed by atoms with Gasteiger partial charge in [-0.15, -0.1) is 0 Å². The Hall–Kier alpha value is -2.10. The van der Waals surface area contributed by atoms with Crippen LogP contribution in [-0.4, -0.2) is 28.4 Å². The second kappa shape index (κ2) is 4.82. The fourth-order valence-electron chi connectivity index (χ4n) is 1.66. The number of carbonyl (C=O) groups is 1. The molecule has 4 heteroatoms. The summed E-state index contributed by atoms with van der Waals surface area (Å²) in [6.07, 6.45) is 3.73. The Morgan fingerprint density at radius 2 is 2.12 bits per heavy atom. The van der Waals surface area contributed by atoms with E-state index in [1.165, 1.54) is 0 Å². The number of benzene rings is 1. The van der Waals surface area contributed by atoms with Crippen LogP contribution in [0.5, 0.6) is 5.75 Å². The lowest BCUT2D eigenvalue weighted by Gasteiger charge is -2.08. The summed E-state index contributed by atoms with van der Waals surface area (Å²) < 4.78 is 6.74. The molecule has 17 heavy (non-hydrogen) atoms. The number of aliphatic hydroxyl groups excluding tert-OH is 1. The number of para-hydroxylation sites is 1. The summed E-state index contributed by atoms with van der Waals surface area (Å²) in [5.41, 5.74) is 0.772. The van der Waals surface area contributed by atoms with Crippen molar-refractivity contribution >= 4 is 12.2 Å². The van der Waals surface area contributed by atoms with Crippen LogP contribution in [0, 0.1) is 0 Å². The van der Waals surface area contributed by atoms with Crippen molar-refractivity contribution in [2.45, 2.75) is 13.3 Å². The summed E-state index contributed by atoms with van der Waals surface area (Å²) in [4.78, 5) is 11.5. The lowest BCUT2D eigenvalue weighted by atomic mass is 10.2. The number of nitrogens with zero attached hydrogens (tertiary/aromatic N) is 1. The zero-order valence-electron chi connectivity index (χ0n) is 9.59. The highest BCUT2D eigenvalue weighted by Gasteiger charge is 2.19. The molecular weight excluding hydrogens is 218 g/mol. The number of carbonyl (C=O) groups excluding carboxylic acids is 1. The third kappa shape index (κ3) is 2.53. The van der Waals surface area contributed by atoms with Gasteiger partial charge in [0.15, 0.2) is 12.8 Å². The molecule has 0 radical (unpaired) electrons. The maximum Gasteiger partial charge on any atom is 0.372 e. The quantitative estimate of drug-likeness (QED) is 0.481. The largest absolute Gasteiger partial charge is 0.460 e. The molecule has 0 unspecified atom stereocenters. The van der Waals surface area contributed by atoms with Crippen LogP contribution in [0.1, 0.15) is 18.9 Å². The molecule has 0 fully saturated rings. The van der Waals surface area contributed by atoms with Crippen LogP contribution < -0.4 is 4.74 Å². The molecular formula is C13H14NO3+. The van der Waals surface area contributed by atoms with Crippen LogP contribution in [0.2, 0.25) is 0 Å². The molecule has 0 spiro atoms. The van der Waals surface area contributed by atoms with Gasteiger partial charge in [0.1, 0.15) is 11.8 Å². The van der Waals surface area contributed by atoms with Gasteiger partial charge in [-0.3, -0.25) is 0 Å². The average molecular weight is 232 g/mol. The standard InChI is InChI=1S/C13H13NO3/c1-2-7-14-9-10-5-3-4-6-11(10)17-13(16)8-12(14)15/h3-6,8-9H,2,7H2,1H3/p+1/b14-9-. The highest BCUT2D eigenvalue weighted by Crippen LogP contribution is 2.18. The fourth-order valence-corrected chi connectivity index (χ4v) is 1.66. The Bertz CT molecular complexity index is 503. The van der Waals surface area contributed by atoms with Gasteiger partial charge in [-0.2, -0.15) is 4.58 Å². The van der Waals surface area contributed by atoms with E-state index in [1.54, 1.807) is 22.9 Å². The molecule has 1 aliphatic rings. The monoisotopic (exact) mass is 232 g/mol. The Balaban J connectivity index is 2.51. The van der Waals surface area contributed by atoms with Gasteiger partial charge in [0.25, 0.3) is 0 Å². The third-order valence-corrected chi connectivity index (χ3v) is 2.43.